The summed E-state index contributed by atoms with van der Waals surface area (Å²) >= 11 is 0. The van der Waals surface area contributed by atoms with E-state index in [4.69, 9.17) is 14.0 Å². The molecule has 0 bridgehead atoms. The molecule has 0 radical (unpaired) electrons. The van der Waals surface area contributed by atoms with Gasteiger partial charge in [-0.25, -0.2) is 0 Å². The van der Waals surface area contributed by atoms with Gasteiger partial charge >= 0.3 is 7.12 Å². The lowest BCUT2D eigenvalue weighted by Crippen LogP contribution is -2.41. The van der Waals surface area contributed by atoms with E-state index in [0.29, 0.717) is 0 Å². The maximum atomic E-state index is 6.15. The maximum absolute atomic E-state index is 6.15. The van der Waals surface area contributed by atoms with Gasteiger partial charge in [-0.2, -0.15) is 0 Å². The van der Waals surface area contributed by atoms with Crippen molar-refractivity contribution in [2.24, 2.45) is 0 Å². The third-order valence-corrected chi connectivity index (χ3v) is 5.39. The Balaban J connectivity index is 1.72. The topological polar surface area (TPSA) is 30.9 Å². The first-order valence-corrected chi connectivity index (χ1v) is 8.54. The predicted octanol–water partition coefficient (Wildman–Crippen LogP) is 2.13. The van der Waals surface area contributed by atoms with Crippen LogP contribution in [0.15, 0.2) is 18.2 Å². The van der Waals surface area contributed by atoms with Crippen molar-refractivity contribution in [2.75, 3.05) is 26.3 Å². The van der Waals surface area contributed by atoms with Gasteiger partial charge in [-0.15, -0.1) is 0 Å². The first kappa shape index (κ1) is 17.0. The van der Waals surface area contributed by atoms with Crippen molar-refractivity contribution in [3.05, 3.63) is 29.3 Å². The van der Waals surface area contributed by atoms with Gasteiger partial charge in [-0.05, 0) is 51.2 Å². The molecular formula is C18H28BNO3. The molecule has 2 aliphatic heterocycles. The van der Waals surface area contributed by atoms with E-state index in [1.807, 2.05) is 0 Å². The highest BCUT2D eigenvalue weighted by atomic mass is 16.7. The second-order valence-electron chi connectivity index (χ2n) is 7.66. The van der Waals surface area contributed by atoms with Crippen molar-refractivity contribution in [3.8, 4) is 0 Å². The number of hydrogen-bond acceptors (Lipinski definition) is 4. The number of aryl methyl sites for hydroxylation is 1. The largest absolute Gasteiger partial charge is 0.494 e. The highest BCUT2D eigenvalue weighted by molar-refractivity contribution is 6.62. The van der Waals surface area contributed by atoms with Crippen molar-refractivity contribution in [3.63, 3.8) is 0 Å². The molecule has 1 aromatic rings. The molecule has 0 saturated carbocycles. The monoisotopic (exact) mass is 317 g/mol. The minimum Gasteiger partial charge on any atom is -0.399 e. The number of nitrogens with zero attached hydrogens (tertiary/aromatic N) is 1. The first-order valence-electron chi connectivity index (χ1n) is 8.54. The molecule has 2 aliphatic rings. The number of morpholine rings is 1. The molecule has 0 spiro atoms. The van der Waals surface area contributed by atoms with Crippen LogP contribution in [0.5, 0.6) is 0 Å². The Hall–Kier alpha value is -0.875. The maximum Gasteiger partial charge on any atom is 0.494 e. The molecule has 5 heteroatoms. The Kier molecular flexibility index (Phi) is 4.58. The quantitative estimate of drug-likeness (QED) is 0.799. The van der Waals surface area contributed by atoms with Crippen molar-refractivity contribution in [1.82, 2.24) is 4.90 Å². The Bertz CT molecular complexity index is 551. The Morgan fingerprint density at radius 3 is 2.22 bits per heavy atom. The smallest absolute Gasteiger partial charge is 0.399 e. The lowest BCUT2D eigenvalue weighted by atomic mass is 9.78. The van der Waals surface area contributed by atoms with Crippen LogP contribution in [0, 0.1) is 6.92 Å². The molecule has 126 valence electrons. The van der Waals surface area contributed by atoms with E-state index < -0.39 is 0 Å². The Morgan fingerprint density at radius 2 is 1.65 bits per heavy atom. The van der Waals surface area contributed by atoms with Crippen LogP contribution in [0.1, 0.15) is 38.8 Å². The third-order valence-electron chi connectivity index (χ3n) is 5.39. The van der Waals surface area contributed by atoms with Gasteiger partial charge < -0.3 is 14.0 Å². The van der Waals surface area contributed by atoms with E-state index in [1.54, 1.807) is 0 Å². The van der Waals surface area contributed by atoms with E-state index in [-0.39, 0.29) is 18.3 Å². The fraction of sp³-hybridized carbons (Fsp3) is 0.667. The lowest BCUT2D eigenvalue weighted by Gasteiger charge is -2.32. The fourth-order valence-electron chi connectivity index (χ4n) is 3.02. The third kappa shape index (κ3) is 3.48. The van der Waals surface area contributed by atoms with Gasteiger partial charge in [0.1, 0.15) is 0 Å². The number of ether oxygens (including phenoxy) is 1. The average Bonchev–Trinajstić information content (AvgIpc) is 2.71. The molecular weight excluding hydrogens is 289 g/mol. The summed E-state index contributed by atoms with van der Waals surface area (Å²) in [6.45, 7) is 15.2. The van der Waals surface area contributed by atoms with Gasteiger partial charge in [0, 0.05) is 19.6 Å². The molecule has 2 fully saturated rings. The van der Waals surface area contributed by atoms with Crippen LogP contribution in [-0.4, -0.2) is 49.5 Å². The highest BCUT2D eigenvalue weighted by Gasteiger charge is 2.51. The van der Waals surface area contributed by atoms with Crippen LogP contribution in [0.4, 0.5) is 0 Å². The van der Waals surface area contributed by atoms with E-state index >= 15 is 0 Å². The zero-order valence-corrected chi connectivity index (χ0v) is 15.0. The summed E-state index contributed by atoms with van der Waals surface area (Å²) in [7, 11) is -0.281. The molecule has 0 N–H and O–H groups in total. The van der Waals surface area contributed by atoms with Crippen molar-refractivity contribution < 1.29 is 14.0 Å². The molecule has 3 rings (SSSR count). The molecule has 0 aliphatic carbocycles. The minimum atomic E-state index is -0.294. The Morgan fingerprint density at radius 1 is 1.04 bits per heavy atom. The minimum absolute atomic E-state index is 0.281. The van der Waals surface area contributed by atoms with E-state index in [9.17, 15) is 0 Å². The predicted molar refractivity (Wildman–Crippen MR) is 93.0 cm³/mol. The molecule has 2 heterocycles. The van der Waals surface area contributed by atoms with Crippen LogP contribution in [0.3, 0.4) is 0 Å². The van der Waals surface area contributed by atoms with E-state index in [0.717, 1.165) is 38.3 Å². The molecule has 1 aromatic carbocycles. The summed E-state index contributed by atoms with van der Waals surface area (Å²) in [5.74, 6) is 0. The normalized spacial score (nSPS) is 24.1. The van der Waals surface area contributed by atoms with Gasteiger partial charge in [0.15, 0.2) is 0 Å². The molecule has 4 nitrogen and oxygen atoms in total. The molecule has 23 heavy (non-hydrogen) atoms. The van der Waals surface area contributed by atoms with Crippen LogP contribution >= 0.6 is 0 Å². The summed E-state index contributed by atoms with van der Waals surface area (Å²) < 4.78 is 17.7. The van der Waals surface area contributed by atoms with Gasteiger partial charge in [0.2, 0.25) is 0 Å². The molecule has 0 aromatic heterocycles. The highest BCUT2D eigenvalue weighted by Crippen LogP contribution is 2.36. The second kappa shape index (κ2) is 6.21. The molecule has 0 amide bonds. The number of rotatable bonds is 3. The van der Waals surface area contributed by atoms with Gasteiger partial charge in [0.25, 0.3) is 0 Å². The summed E-state index contributed by atoms with van der Waals surface area (Å²) in [6.07, 6.45) is 0. The van der Waals surface area contributed by atoms with Gasteiger partial charge in [-0.3, -0.25) is 4.90 Å². The summed E-state index contributed by atoms with van der Waals surface area (Å²) in [5.41, 5.74) is 3.18. The van der Waals surface area contributed by atoms with Crippen molar-refractivity contribution >= 4 is 12.6 Å². The zero-order chi connectivity index (χ0) is 16.7. The van der Waals surface area contributed by atoms with Gasteiger partial charge in [0.05, 0.1) is 24.4 Å². The second-order valence-corrected chi connectivity index (χ2v) is 7.66. The lowest BCUT2D eigenvalue weighted by molar-refractivity contribution is 0.00578. The van der Waals surface area contributed by atoms with Gasteiger partial charge in [-0.1, -0.05) is 18.2 Å². The Labute approximate surface area is 140 Å². The fourth-order valence-corrected chi connectivity index (χ4v) is 3.02. The van der Waals surface area contributed by atoms with Crippen molar-refractivity contribution in [2.45, 2.75) is 52.4 Å². The average molecular weight is 317 g/mol. The summed E-state index contributed by atoms with van der Waals surface area (Å²) in [5, 5.41) is 0. The van der Waals surface area contributed by atoms with E-state index in [2.05, 4.69) is 57.7 Å². The molecule has 2 saturated heterocycles. The van der Waals surface area contributed by atoms with Crippen molar-refractivity contribution in [1.29, 1.82) is 0 Å². The summed E-state index contributed by atoms with van der Waals surface area (Å²) in [4.78, 5) is 2.44. The first-order chi connectivity index (χ1) is 10.8. The SMILES string of the molecule is Cc1cc(B2OC(C)(C)C(C)(C)O2)ccc1CN1CCOCC1. The zero-order valence-electron chi connectivity index (χ0n) is 15.0. The summed E-state index contributed by atoms with van der Waals surface area (Å²) in [6, 6.07) is 6.56. The number of hydrogen-bond donors (Lipinski definition) is 0. The van der Waals surface area contributed by atoms with Crippen LogP contribution < -0.4 is 5.46 Å². The van der Waals surface area contributed by atoms with Crippen LogP contribution in [-0.2, 0) is 20.6 Å². The standard InChI is InChI=1S/C18H28BNO3/c1-14-12-16(19-22-17(2,3)18(4,5)23-19)7-6-15(14)13-20-8-10-21-11-9-20/h6-7,12H,8-11,13H2,1-5H3. The van der Waals surface area contributed by atoms with Crippen LogP contribution in [0.2, 0.25) is 0 Å². The molecule has 0 atom stereocenters. The number of benzene rings is 1. The van der Waals surface area contributed by atoms with E-state index in [1.165, 1.54) is 11.1 Å². The van der Waals surface area contributed by atoms with Crippen LogP contribution in [0.25, 0.3) is 0 Å². The molecule has 0 unspecified atom stereocenters.